The van der Waals surface area contributed by atoms with Crippen molar-refractivity contribution in [3.8, 4) is 0 Å². The monoisotopic (exact) mass is 308 g/mol. The largest absolute Gasteiger partial charge is 0.361 e. The summed E-state index contributed by atoms with van der Waals surface area (Å²) < 4.78 is 6.02. The quantitative estimate of drug-likeness (QED) is 0.591. The molecule has 0 saturated heterocycles. The van der Waals surface area contributed by atoms with Gasteiger partial charge in [-0.05, 0) is 18.4 Å². The van der Waals surface area contributed by atoms with Gasteiger partial charge in [-0.1, -0.05) is 44.2 Å². The summed E-state index contributed by atoms with van der Waals surface area (Å²) in [7, 11) is 0. The SMILES string of the molecule is CC(=O)N[C@@H](C)[C@H](O[C@H](C[N+](=O)[O-])C(C)C)c1ccccc1. The lowest BCUT2D eigenvalue weighted by molar-refractivity contribution is -0.494. The Hall–Kier alpha value is -1.95. The van der Waals surface area contributed by atoms with Gasteiger partial charge in [-0.15, -0.1) is 0 Å². The fourth-order valence-electron chi connectivity index (χ4n) is 2.27. The number of carbonyl (C=O) groups is 1. The zero-order chi connectivity index (χ0) is 16.7. The van der Waals surface area contributed by atoms with E-state index < -0.39 is 12.2 Å². The fourth-order valence-corrected chi connectivity index (χ4v) is 2.27. The second kappa shape index (κ2) is 8.48. The molecule has 1 aromatic carbocycles. The van der Waals surface area contributed by atoms with Gasteiger partial charge < -0.3 is 10.1 Å². The molecular weight excluding hydrogens is 284 g/mol. The number of benzene rings is 1. The first-order valence-corrected chi connectivity index (χ1v) is 7.40. The van der Waals surface area contributed by atoms with Gasteiger partial charge in [0.25, 0.3) is 0 Å². The van der Waals surface area contributed by atoms with Crippen molar-refractivity contribution in [3.05, 3.63) is 46.0 Å². The van der Waals surface area contributed by atoms with Gasteiger partial charge in [-0.2, -0.15) is 0 Å². The van der Waals surface area contributed by atoms with E-state index >= 15 is 0 Å². The van der Waals surface area contributed by atoms with Gasteiger partial charge >= 0.3 is 0 Å². The standard InChI is InChI=1S/C16H24N2O4/c1-11(2)15(10-18(20)21)22-16(12(3)17-13(4)19)14-8-6-5-7-9-14/h5-9,11-12,15-16H,10H2,1-4H3,(H,17,19)/t12-,15+,16-/m0/s1. The molecule has 1 rings (SSSR count). The second-order valence-electron chi connectivity index (χ2n) is 5.75. The average Bonchev–Trinajstić information content (AvgIpc) is 2.42. The summed E-state index contributed by atoms with van der Waals surface area (Å²) in [6.45, 7) is 6.80. The van der Waals surface area contributed by atoms with Crippen molar-refractivity contribution in [1.82, 2.24) is 5.32 Å². The smallest absolute Gasteiger partial charge is 0.229 e. The van der Waals surface area contributed by atoms with Gasteiger partial charge in [-0.25, -0.2) is 0 Å². The third kappa shape index (κ3) is 5.81. The maximum absolute atomic E-state index is 11.3. The Morgan fingerprint density at radius 2 is 1.86 bits per heavy atom. The van der Waals surface area contributed by atoms with Crippen LogP contribution in [0.5, 0.6) is 0 Å². The molecule has 1 N–H and O–H groups in total. The lowest BCUT2D eigenvalue weighted by Crippen LogP contribution is -2.40. The highest BCUT2D eigenvalue weighted by molar-refractivity contribution is 5.73. The Bertz CT molecular complexity index is 490. The number of carbonyl (C=O) groups excluding carboxylic acids is 1. The minimum atomic E-state index is -0.517. The van der Waals surface area contributed by atoms with Crippen LogP contribution in [0.4, 0.5) is 0 Å². The molecule has 0 aromatic heterocycles. The van der Waals surface area contributed by atoms with Crippen LogP contribution in [0.25, 0.3) is 0 Å². The molecule has 0 fully saturated rings. The molecule has 3 atom stereocenters. The number of nitro groups is 1. The molecule has 6 heteroatoms. The molecule has 122 valence electrons. The third-order valence-electron chi connectivity index (χ3n) is 3.41. The van der Waals surface area contributed by atoms with Gasteiger partial charge in [0.2, 0.25) is 12.5 Å². The Kier molecular flexibility index (Phi) is 6.98. The summed E-state index contributed by atoms with van der Waals surface area (Å²) in [4.78, 5) is 21.8. The molecule has 1 amide bonds. The van der Waals surface area contributed by atoms with E-state index in [4.69, 9.17) is 4.74 Å². The first kappa shape index (κ1) is 18.1. The molecule has 1 aromatic rings. The van der Waals surface area contributed by atoms with E-state index in [2.05, 4.69) is 5.32 Å². The Morgan fingerprint density at radius 1 is 1.27 bits per heavy atom. The maximum Gasteiger partial charge on any atom is 0.229 e. The molecule has 0 saturated carbocycles. The van der Waals surface area contributed by atoms with Crippen molar-refractivity contribution in [2.24, 2.45) is 5.92 Å². The van der Waals surface area contributed by atoms with Crippen LogP contribution in [0.1, 0.15) is 39.4 Å². The van der Waals surface area contributed by atoms with Crippen LogP contribution in [0, 0.1) is 16.0 Å². The normalized spacial score (nSPS) is 15.1. The first-order valence-electron chi connectivity index (χ1n) is 7.40. The molecule has 0 heterocycles. The highest BCUT2D eigenvalue weighted by Crippen LogP contribution is 2.25. The summed E-state index contributed by atoms with van der Waals surface area (Å²) >= 11 is 0. The average molecular weight is 308 g/mol. The van der Waals surface area contributed by atoms with Crippen LogP contribution in [-0.2, 0) is 9.53 Å². The van der Waals surface area contributed by atoms with Gasteiger partial charge in [0, 0.05) is 11.8 Å². The summed E-state index contributed by atoms with van der Waals surface area (Å²) in [5.41, 5.74) is 0.887. The zero-order valence-electron chi connectivity index (χ0n) is 13.5. The van der Waals surface area contributed by atoms with Gasteiger partial charge in [0.05, 0.1) is 6.04 Å². The lowest BCUT2D eigenvalue weighted by Gasteiger charge is -2.30. The predicted molar refractivity (Wildman–Crippen MR) is 84.0 cm³/mol. The Labute approximate surface area is 131 Å². The summed E-state index contributed by atoms with van der Waals surface area (Å²) in [6.07, 6.45) is -0.950. The summed E-state index contributed by atoms with van der Waals surface area (Å²) in [5, 5.41) is 13.6. The van der Waals surface area contributed by atoms with Crippen molar-refractivity contribution >= 4 is 5.91 Å². The van der Waals surface area contributed by atoms with Crippen LogP contribution in [0.2, 0.25) is 0 Å². The van der Waals surface area contributed by atoms with E-state index in [0.29, 0.717) is 0 Å². The highest BCUT2D eigenvalue weighted by atomic mass is 16.6. The van der Waals surface area contributed by atoms with E-state index in [-0.39, 0.29) is 29.3 Å². The number of nitrogens with one attached hydrogen (secondary N) is 1. The Morgan fingerprint density at radius 3 is 2.32 bits per heavy atom. The minimum absolute atomic E-state index is 0.00106. The lowest BCUT2D eigenvalue weighted by atomic mass is 10.0. The van der Waals surface area contributed by atoms with Crippen molar-refractivity contribution < 1.29 is 14.5 Å². The molecule has 0 aliphatic heterocycles. The van der Waals surface area contributed by atoms with E-state index in [1.54, 1.807) is 0 Å². The van der Waals surface area contributed by atoms with Crippen LogP contribution < -0.4 is 5.32 Å². The molecule has 0 spiro atoms. The molecule has 22 heavy (non-hydrogen) atoms. The molecule has 0 radical (unpaired) electrons. The fraction of sp³-hybridized carbons (Fsp3) is 0.562. The number of hydrogen-bond acceptors (Lipinski definition) is 4. The van der Waals surface area contributed by atoms with Crippen molar-refractivity contribution in [3.63, 3.8) is 0 Å². The highest BCUT2D eigenvalue weighted by Gasteiger charge is 2.29. The van der Waals surface area contributed by atoms with E-state index in [1.165, 1.54) is 6.92 Å². The van der Waals surface area contributed by atoms with Crippen LogP contribution in [0.15, 0.2) is 30.3 Å². The molecule has 0 aliphatic rings. The predicted octanol–water partition coefficient (Wildman–Crippen LogP) is 2.57. The summed E-state index contributed by atoms with van der Waals surface area (Å²) in [6, 6.07) is 9.15. The minimum Gasteiger partial charge on any atom is -0.361 e. The summed E-state index contributed by atoms with van der Waals surface area (Å²) in [5.74, 6) is -0.159. The topological polar surface area (TPSA) is 81.5 Å². The molecular formula is C16H24N2O4. The number of hydrogen-bond donors (Lipinski definition) is 1. The van der Waals surface area contributed by atoms with Gasteiger partial charge in [-0.3, -0.25) is 14.9 Å². The first-order chi connectivity index (χ1) is 10.3. The molecule has 6 nitrogen and oxygen atoms in total. The number of ether oxygens (including phenoxy) is 1. The van der Waals surface area contributed by atoms with Crippen molar-refractivity contribution in [1.29, 1.82) is 0 Å². The van der Waals surface area contributed by atoms with Gasteiger partial charge in [0.1, 0.15) is 12.2 Å². The Balaban J connectivity index is 2.98. The van der Waals surface area contributed by atoms with Crippen molar-refractivity contribution in [2.75, 3.05) is 6.54 Å². The second-order valence-corrected chi connectivity index (χ2v) is 5.75. The van der Waals surface area contributed by atoms with Crippen molar-refractivity contribution in [2.45, 2.75) is 45.9 Å². The van der Waals surface area contributed by atoms with Crippen LogP contribution >= 0.6 is 0 Å². The number of rotatable bonds is 8. The molecule has 0 unspecified atom stereocenters. The van der Waals surface area contributed by atoms with Gasteiger partial charge in [0.15, 0.2) is 0 Å². The van der Waals surface area contributed by atoms with E-state index in [0.717, 1.165) is 5.56 Å². The zero-order valence-corrected chi connectivity index (χ0v) is 13.5. The van der Waals surface area contributed by atoms with Crippen LogP contribution in [-0.4, -0.2) is 29.5 Å². The number of amides is 1. The van der Waals surface area contributed by atoms with Crippen LogP contribution in [0.3, 0.4) is 0 Å². The van der Waals surface area contributed by atoms with E-state index in [1.807, 2.05) is 51.1 Å². The number of nitrogens with zero attached hydrogens (tertiary/aromatic N) is 1. The van der Waals surface area contributed by atoms with E-state index in [9.17, 15) is 14.9 Å². The third-order valence-corrected chi connectivity index (χ3v) is 3.41. The molecule has 0 bridgehead atoms. The maximum atomic E-state index is 11.3. The molecule has 0 aliphatic carbocycles.